The minimum Gasteiger partial charge on any atom is -0.338 e. The van der Waals surface area contributed by atoms with E-state index in [9.17, 15) is 4.79 Å². The number of aryl methyl sites for hydroxylation is 1. The second-order valence-corrected chi connectivity index (χ2v) is 5.73. The highest BCUT2D eigenvalue weighted by atomic mass is 16.2. The number of carbonyl (C=O) groups is 1. The number of likely N-dealkylation sites (N-methyl/N-ethyl adjacent to an activating group) is 1. The van der Waals surface area contributed by atoms with E-state index < -0.39 is 0 Å². The zero-order chi connectivity index (χ0) is 15.7. The van der Waals surface area contributed by atoms with Crippen LogP contribution in [0.25, 0.3) is 11.0 Å². The first-order valence-electron chi connectivity index (χ1n) is 7.18. The molecule has 2 aromatic rings. The number of hydrogen-bond donors (Lipinski definition) is 1. The molecular weight excluding hydrogens is 266 g/mol. The van der Waals surface area contributed by atoms with E-state index in [0.717, 1.165) is 16.7 Å². The van der Waals surface area contributed by atoms with Gasteiger partial charge in [-0.25, -0.2) is 9.67 Å². The molecule has 6 nitrogen and oxygen atoms in total. The fourth-order valence-corrected chi connectivity index (χ4v) is 2.25. The van der Waals surface area contributed by atoms with Crippen LogP contribution in [0.3, 0.4) is 0 Å². The number of nitrogens with two attached hydrogens (primary N) is 1. The van der Waals surface area contributed by atoms with Crippen LogP contribution in [-0.4, -0.2) is 45.2 Å². The molecule has 0 aliphatic heterocycles. The molecule has 0 saturated carbocycles. The molecule has 21 heavy (non-hydrogen) atoms. The van der Waals surface area contributed by atoms with Crippen LogP contribution in [0.2, 0.25) is 0 Å². The lowest BCUT2D eigenvalue weighted by atomic mass is 10.1. The fraction of sp³-hybridized carbons (Fsp3) is 0.533. The van der Waals surface area contributed by atoms with E-state index in [1.165, 1.54) is 0 Å². The maximum atomic E-state index is 12.7. The van der Waals surface area contributed by atoms with Gasteiger partial charge in [-0.1, -0.05) is 0 Å². The monoisotopic (exact) mass is 289 g/mol. The van der Waals surface area contributed by atoms with Crippen molar-refractivity contribution >= 4 is 16.9 Å². The lowest BCUT2D eigenvalue weighted by Gasteiger charge is -2.24. The van der Waals surface area contributed by atoms with Crippen molar-refractivity contribution in [2.45, 2.75) is 39.8 Å². The van der Waals surface area contributed by atoms with Crippen molar-refractivity contribution in [1.29, 1.82) is 0 Å². The minimum absolute atomic E-state index is 0.0128. The third kappa shape index (κ3) is 2.76. The number of pyridine rings is 1. The van der Waals surface area contributed by atoms with Crippen LogP contribution in [-0.2, 0) is 0 Å². The highest BCUT2D eigenvalue weighted by Gasteiger charge is 2.21. The summed E-state index contributed by atoms with van der Waals surface area (Å²) in [5.41, 5.74) is 7.84. The van der Waals surface area contributed by atoms with Gasteiger partial charge >= 0.3 is 0 Å². The van der Waals surface area contributed by atoms with Gasteiger partial charge in [0.1, 0.15) is 0 Å². The average molecular weight is 289 g/mol. The second-order valence-electron chi connectivity index (χ2n) is 5.73. The summed E-state index contributed by atoms with van der Waals surface area (Å²) in [7, 11) is 1.77. The summed E-state index contributed by atoms with van der Waals surface area (Å²) in [6.07, 6.45) is 1.72. The third-order valence-corrected chi connectivity index (χ3v) is 3.74. The second kappa shape index (κ2) is 5.81. The lowest BCUT2D eigenvalue weighted by Crippen LogP contribution is -2.39. The largest absolute Gasteiger partial charge is 0.338 e. The van der Waals surface area contributed by atoms with Crippen LogP contribution < -0.4 is 5.73 Å². The van der Waals surface area contributed by atoms with Crippen molar-refractivity contribution in [2.75, 3.05) is 13.6 Å². The number of amides is 1. The molecular formula is C15H23N5O. The normalized spacial score (nSPS) is 12.9. The third-order valence-electron chi connectivity index (χ3n) is 3.74. The van der Waals surface area contributed by atoms with Crippen LogP contribution in [0.1, 0.15) is 42.9 Å². The molecule has 0 spiro atoms. The van der Waals surface area contributed by atoms with Crippen LogP contribution in [0.5, 0.6) is 0 Å². The Bertz CT molecular complexity index is 661. The summed E-state index contributed by atoms with van der Waals surface area (Å²) < 4.78 is 1.84. The quantitative estimate of drug-likeness (QED) is 0.930. The van der Waals surface area contributed by atoms with Crippen LogP contribution in [0.15, 0.2) is 12.3 Å². The number of fused-ring (bicyclic) bond motifs is 1. The molecule has 1 atom stereocenters. The Morgan fingerprint density at radius 3 is 2.67 bits per heavy atom. The summed E-state index contributed by atoms with van der Waals surface area (Å²) in [6.45, 7) is 8.34. The summed E-state index contributed by atoms with van der Waals surface area (Å²) in [5.74, 6) is -0.0493. The zero-order valence-corrected chi connectivity index (χ0v) is 13.3. The molecule has 1 amide bonds. The maximum absolute atomic E-state index is 12.7. The lowest BCUT2D eigenvalue weighted by molar-refractivity contribution is 0.0750. The van der Waals surface area contributed by atoms with Gasteiger partial charge in [-0.3, -0.25) is 4.79 Å². The predicted octanol–water partition coefficient (Wildman–Crippen LogP) is 1.74. The number of hydrogen-bond acceptors (Lipinski definition) is 4. The molecule has 2 heterocycles. The number of nitrogens with zero attached hydrogens (tertiary/aromatic N) is 4. The van der Waals surface area contributed by atoms with E-state index >= 15 is 0 Å². The first kappa shape index (κ1) is 15.4. The fourth-order valence-electron chi connectivity index (χ4n) is 2.25. The van der Waals surface area contributed by atoms with E-state index in [2.05, 4.69) is 10.1 Å². The number of rotatable bonds is 4. The first-order valence-corrected chi connectivity index (χ1v) is 7.18. The van der Waals surface area contributed by atoms with Gasteiger partial charge in [0.05, 0.1) is 17.1 Å². The van der Waals surface area contributed by atoms with Crippen molar-refractivity contribution in [1.82, 2.24) is 19.7 Å². The van der Waals surface area contributed by atoms with Gasteiger partial charge < -0.3 is 10.6 Å². The van der Waals surface area contributed by atoms with Crippen LogP contribution in [0.4, 0.5) is 0 Å². The molecule has 2 aromatic heterocycles. The molecule has 0 aliphatic carbocycles. The van der Waals surface area contributed by atoms with E-state index in [-0.39, 0.29) is 18.0 Å². The highest BCUT2D eigenvalue weighted by molar-refractivity contribution is 6.05. The van der Waals surface area contributed by atoms with Gasteiger partial charge in [0, 0.05) is 31.4 Å². The van der Waals surface area contributed by atoms with Crippen molar-refractivity contribution in [2.24, 2.45) is 5.73 Å². The molecule has 2 rings (SSSR count). The molecule has 0 aromatic carbocycles. The first-order chi connectivity index (χ1) is 9.86. The Hall–Kier alpha value is -1.95. The SMILES string of the molecule is Cc1cc(C(=O)N(C)C(C)CN)c2cnn(C(C)C)c2n1. The predicted molar refractivity (Wildman–Crippen MR) is 83.3 cm³/mol. The molecule has 0 saturated heterocycles. The zero-order valence-electron chi connectivity index (χ0n) is 13.3. The molecule has 1 unspecified atom stereocenters. The maximum Gasteiger partial charge on any atom is 0.254 e. The smallest absolute Gasteiger partial charge is 0.254 e. The van der Waals surface area contributed by atoms with Gasteiger partial charge in [0.2, 0.25) is 0 Å². The van der Waals surface area contributed by atoms with Crippen molar-refractivity contribution < 1.29 is 4.79 Å². The Labute approximate surface area is 124 Å². The van der Waals surface area contributed by atoms with Gasteiger partial charge in [-0.2, -0.15) is 5.10 Å². The van der Waals surface area contributed by atoms with Crippen molar-refractivity contribution in [3.63, 3.8) is 0 Å². The molecule has 0 aliphatic rings. The topological polar surface area (TPSA) is 77.0 Å². The van der Waals surface area contributed by atoms with E-state index in [0.29, 0.717) is 12.1 Å². The van der Waals surface area contributed by atoms with E-state index in [1.807, 2.05) is 38.4 Å². The summed E-state index contributed by atoms with van der Waals surface area (Å²) in [6, 6.07) is 2.00. The van der Waals surface area contributed by atoms with Crippen LogP contribution >= 0.6 is 0 Å². The molecule has 0 fully saturated rings. The van der Waals surface area contributed by atoms with Crippen molar-refractivity contribution in [3.05, 3.63) is 23.5 Å². The molecule has 6 heteroatoms. The average Bonchev–Trinajstić information content (AvgIpc) is 2.87. The van der Waals surface area contributed by atoms with Gasteiger partial charge in [-0.05, 0) is 33.8 Å². The van der Waals surface area contributed by atoms with E-state index in [4.69, 9.17) is 5.73 Å². The van der Waals surface area contributed by atoms with Gasteiger partial charge in [0.25, 0.3) is 5.91 Å². The Morgan fingerprint density at radius 1 is 1.43 bits per heavy atom. The van der Waals surface area contributed by atoms with Crippen molar-refractivity contribution in [3.8, 4) is 0 Å². The minimum atomic E-state index is -0.0493. The standard InChI is InChI=1S/C15H23N5O/c1-9(2)20-14-13(8-17-20)12(6-10(3)18-14)15(21)19(5)11(4)7-16/h6,8-9,11H,7,16H2,1-5H3. The van der Waals surface area contributed by atoms with Gasteiger partial charge in [0.15, 0.2) is 5.65 Å². The Balaban J connectivity index is 2.56. The van der Waals surface area contributed by atoms with E-state index in [1.54, 1.807) is 18.1 Å². The summed E-state index contributed by atoms with van der Waals surface area (Å²) in [4.78, 5) is 18.9. The molecule has 0 bridgehead atoms. The number of aromatic nitrogens is 3. The number of carbonyl (C=O) groups excluding carboxylic acids is 1. The highest BCUT2D eigenvalue weighted by Crippen LogP contribution is 2.22. The van der Waals surface area contributed by atoms with Crippen LogP contribution in [0, 0.1) is 6.92 Å². The van der Waals surface area contributed by atoms with Gasteiger partial charge in [-0.15, -0.1) is 0 Å². The molecule has 0 radical (unpaired) electrons. The summed E-state index contributed by atoms with van der Waals surface area (Å²) in [5, 5.41) is 5.15. The summed E-state index contributed by atoms with van der Waals surface area (Å²) >= 11 is 0. The molecule has 2 N–H and O–H groups in total. The Kier molecular flexibility index (Phi) is 4.27. The molecule has 114 valence electrons. The Morgan fingerprint density at radius 2 is 2.10 bits per heavy atom.